The highest BCUT2D eigenvalue weighted by Gasteiger charge is 2.16. The summed E-state index contributed by atoms with van der Waals surface area (Å²) in [7, 11) is 0.376. The largest absolute Gasteiger partial charge is 0.461 e. The Morgan fingerprint density at radius 1 is 1.06 bits per heavy atom. The van der Waals surface area contributed by atoms with E-state index in [4.69, 9.17) is 9.15 Å². The van der Waals surface area contributed by atoms with Crippen LogP contribution in [0.3, 0.4) is 0 Å². The number of anilines is 2. The molecule has 0 aliphatic heterocycles. The number of carbonyl (C=O) groups is 1. The number of rotatable bonds is 6. The minimum absolute atomic E-state index is 0.189. The highest BCUT2D eigenvalue weighted by atomic mass is 32.2. The van der Waals surface area contributed by atoms with E-state index in [-0.39, 0.29) is 4.90 Å². The van der Waals surface area contributed by atoms with E-state index in [2.05, 4.69) is 15.3 Å². The van der Waals surface area contributed by atoms with E-state index in [0.29, 0.717) is 45.4 Å². The Bertz CT molecular complexity index is 1430. The van der Waals surface area contributed by atoms with Crippen molar-refractivity contribution in [1.29, 1.82) is 0 Å². The summed E-state index contributed by atoms with van der Waals surface area (Å²) in [5, 5.41) is 3.40. The van der Waals surface area contributed by atoms with Crippen molar-refractivity contribution in [2.45, 2.75) is 11.8 Å². The van der Waals surface area contributed by atoms with Gasteiger partial charge in [-0.3, -0.25) is 4.79 Å². The number of benzene rings is 2. The van der Waals surface area contributed by atoms with Gasteiger partial charge in [-0.15, -0.1) is 0 Å². The van der Waals surface area contributed by atoms with E-state index in [9.17, 15) is 13.2 Å². The molecule has 2 aromatic heterocycles. The molecule has 9 nitrogen and oxygen atoms in total. The lowest BCUT2D eigenvalue weighted by atomic mass is 10.1. The molecule has 2 heterocycles. The quantitative estimate of drug-likeness (QED) is 0.453. The third-order valence-electron chi connectivity index (χ3n) is 4.80. The maximum atomic E-state index is 12.9. The second-order valence-corrected chi connectivity index (χ2v) is 9.71. The molecule has 0 unspecified atom stereocenters. The number of furan rings is 1. The third-order valence-corrected chi connectivity index (χ3v) is 5.93. The molecule has 0 bridgehead atoms. The van der Waals surface area contributed by atoms with Gasteiger partial charge in [-0.25, -0.2) is 18.4 Å². The summed E-state index contributed by atoms with van der Waals surface area (Å²) in [6.07, 6.45) is 4.17. The van der Waals surface area contributed by atoms with Crippen LogP contribution in [0.25, 0.3) is 11.0 Å². The summed E-state index contributed by atoms with van der Waals surface area (Å²) in [6.45, 7) is 1.80. The second kappa shape index (κ2) is 8.55. The van der Waals surface area contributed by atoms with E-state index in [0.717, 1.165) is 6.26 Å². The van der Waals surface area contributed by atoms with Gasteiger partial charge >= 0.3 is 0 Å². The van der Waals surface area contributed by atoms with Gasteiger partial charge in [0, 0.05) is 25.9 Å². The molecule has 0 aliphatic carbocycles. The van der Waals surface area contributed by atoms with Crippen molar-refractivity contribution in [3.63, 3.8) is 0 Å². The summed E-state index contributed by atoms with van der Waals surface area (Å²) in [5.74, 6) is 2.04. The number of fused-ring (bicyclic) bond motifs is 1. The molecule has 0 saturated heterocycles. The van der Waals surface area contributed by atoms with Crippen molar-refractivity contribution in [1.82, 2.24) is 9.97 Å². The molecule has 4 rings (SSSR count). The number of nitrogens with one attached hydrogen (secondary N) is 1. The van der Waals surface area contributed by atoms with Crippen LogP contribution in [0.1, 0.15) is 16.1 Å². The average molecular weight is 467 g/mol. The van der Waals surface area contributed by atoms with Gasteiger partial charge in [-0.2, -0.15) is 0 Å². The zero-order chi connectivity index (χ0) is 23.8. The van der Waals surface area contributed by atoms with Crippen molar-refractivity contribution in [3.05, 3.63) is 66.2 Å². The first-order valence-electron chi connectivity index (χ1n) is 9.93. The highest BCUT2D eigenvalue weighted by Crippen LogP contribution is 2.34. The maximum absolute atomic E-state index is 12.9. The molecule has 0 saturated carbocycles. The first-order chi connectivity index (χ1) is 15.6. The third kappa shape index (κ3) is 4.96. The van der Waals surface area contributed by atoms with Crippen LogP contribution in [0, 0.1) is 6.92 Å². The standard InChI is InChI=1S/C23H22N4O5S/c1-14-9-18-19(31-14)10-15(23(28)26-21-12-25-22(13-24-21)27(2)3)11-20(18)32-16-5-7-17(8-6-16)33(4,29)30/h5-13H,1-4H3,(H,24,26,28). The summed E-state index contributed by atoms with van der Waals surface area (Å²) >= 11 is 0. The van der Waals surface area contributed by atoms with Crippen LogP contribution >= 0.6 is 0 Å². The molecule has 0 atom stereocenters. The molecular formula is C23H22N4O5S. The SMILES string of the molecule is Cc1cc2c(Oc3ccc(S(C)(=O)=O)cc3)cc(C(=O)Nc3cnc(N(C)C)cn3)cc2o1. The summed E-state index contributed by atoms with van der Waals surface area (Å²) < 4.78 is 35.1. The van der Waals surface area contributed by atoms with Crippen LogP contribution in [0.5, 0.6) is 11.5 Å². The Morgan fingerprint density at radius 2 is 1.79 bits per heavy atom. The van der Waals surface area contributed by atoms with Crippen molar-refractivity contribution in [2.24, 2.45) is 0 Å². The fourth-order valence-electron chi connectivity index (χ4n) is 3.14. The zero-order valence-corrected chi connectivity index (χ0v) is 19.3. The van der Waals surface area contributed by atoms with E-state index in [1.54, 1.807) is 42.3 Å². The van der Waals surface area contributed by atoms with Crippen molar-refractivity contribution in [2.75, 3.05) is 30.6 Å². The summed E-state index contributed by atoms with van der Waals surface area (Å²) in [6, 6.07) is 11.1. The number of hydrogen-bond donors (Lipinski definition) is 1. The average Bonchev–Trinajstić information content (AvgIpc) is 3.14. The highest BCUT2D eigenvalue weighted by molar-refractivity contribution is 7.90. The van der Waals surface area contributed by atoms with Gasteiger partial charge in [0.25, 0.3) is 5.91 Å². The minimum atomic E-state index is -3.32. The van der Waals surface area contributed by atoms with Crippen LogP contribution in [-0.2, 0) is 9.84 Å². The van der Waals surface area contributed by atoms with Crippen LogP contribution in [-0.4, -0.2) is 44.6 Å². The van der Waals surface area contributed by atoms with Crippen molar-refractivity contribution in [3.8, 4) is 11.5 Å². The molecule has 2 aromatic carbocycles. The Balaban J connectivity index is 1.64. The number of aryl methyl sites for hydroxylation is 1. The lowest BCUT2D eigenvalue weighted by molar-refractivity contribution is 0.102. The van der Waals surface area contributed by atoms with Gasteiger partial charge in [-0.05, 0) is 49.4 Å². The van der Waals surface area contributed by atoms with E-state index in [1.807, 2.05) is 20.2 Å². The van der Waals surface area contributed by atoms with E-state index in [1.165, 1.54) is 18.3 Å². The van der Waals surface area contributed by atoms with Gasteiger partial charge in [0.2, 0.25) is 0 Å². The molecule has 1 N–H and O–H groups in total. The Labute approximate surface area is 190 Å². The van der Waals surface area contributed by atoms with Crippen LogP contribution < -0.4 is 15.0 Å². The number of ether oxygens (including phenoxy) is 1. The van der Waals surface area contributed by atoms with Gasteiger partial charge in [0.05, 0.1) is 22.7 Å². The predicted molar refractivity (Wildman–Crippen MR) is 125 cm³/mol. The van der Waals surface area contributed by atoms with Crippen LogP contribution in [0.15, 0.2) is 64.2 Å². The molecule has 10 heteroatoms. The maximum Gasteiger partial charge on any atom is 0.257 e. The number of carbonyl (C=O) groups excluding carboxylic acids is 1. The lowest BCUT2D eigenvalue weighted by Crippen LogP contribution is -2.15. The number of aromatic nitrogens is 2. The van der Waals surface area contributed by atoms with Gasteiger partial charge in [0.1, 0.15) is 28.7 Å². The van der Waals surface area contributed by atoms with Gasteiger partial charge in [0.15, 0.2) is 15.7 Å². The second-order valence-electron chi connectivity index (χ2n) is 7.70. The first kappa shape index (κ1) is 22.3. The zero-order valence-electron chi connectivity index (χ0n) is 18.5. The van der Waals surface area contributed by atoms with E-state index >= 15 is 0 Å². The molecule has 4 aromatic rings. The monoisotopic (exact) mass is 466 g/mol. The summed E-state index contributed by atoms with van der Waals surface area (Å²) in [5.41, 5.74) is 0.787. The van der Waals surface area contributed by atoms with E-state index < -0.39 is 15.7 Å². The van der Waals surface area contributed by atoms with Crippen LogP contribution in [0.2, 0.25) is 0 Å². The molecular weight excluding hydrogens is 444 g/mol. The molecule has 0 spiro atoms. The normalized spacial score (nSPS) is 11.4. The topological polar surface area (TPSA) is 115 Å². The minimum Gasteiger partial charge on any atom is -0.461 e. The molecule has 33 heavy (non-hydrogen) atoms. The molecule has 0 fully saturated rings. The smallest absolute Gasteiger partial charge is 0.257 e. The Kier molecular flexibility index (Phi) is 5.77. The number of amides is 1. The molecule has 170 valence electrons. The van der Waals surface area contributed by atoms with Crippen molar-refractivity contribution < 1.29 is 22.4 Å². The van der Waals surface area contributed by atoms with Gasteiger partial charge < -0.3 is 19.4 Å². The molecule has 0 radical (unpaired) electrons. The summed E-state index contributed by atoms with van der Waals surface area (Å²) in [4.78, 5) is 23.3. The van der Waals surface area contributed by atoms with Crippen LogP contribution in [0.4, 0.5) is 11.6 Å². The fourth-order valence-corrected chi connectivity index (χ4v) is 3.77. The molecule has 0 aliphatic rings. The number of hydrogen-bond acceptors (Lipinski definition) is 8. The molecule has 1 amide bonds. The number of sulfone groups is 1. The predicted octanol–water partition coefficient (Wildman–Crippen LogP) is 4.05. The lowest BCUT2D eigenvalue weighted by Gasteiger charge is -2.12. The first-order valence-corrected chi connectivity index (χ1v) is 11.8. The van der Waals surface area contributed by atoms with Crippen molar-refractivity contribution >= 4 is 38.3 Å². The number of nitrogens with zero attached hydrogens (tertiary/aromatic N) is 3. The fraction of sp³-hybridized carbons (Fsp3) is 0.174. The van der Waals surface area contributed by atoms with Gasteiger partial charge in [-0.1, -0.05) is 0 Å². The Morgan fingerprint density at radius 3 is 2.39 bits per heavy atom. The Hall–Kier alpha value is -3.92.